The largest absolute Gasteiger partial charge is 0.454 e. The minimum atomic E-state index is 0.0181. The highest BCUT2D eigenvalue weighted by molar-refractivity contribution is 7.98. The van der Waals surface area contributed by atoms with Crippen LogP contribution in [-0.2, 0) is 11.3 Å². The third-order valence-corrected chi connectivity index (χ3v) is 5.46. The Morgan fingerprint density at radius 2 is 2.18 bits per heavy atom. The van der Waals surface area contributed by atoms with Gasteiger partial charge in [0.25, 0.3) is 5.91 Å². The molecule has 1 fully saturated rings. The Hall–Kier alpha value is -1.47. The molecule has 1 saturated carbocycles. The maximum Gasteiger partial charge on any atom is 0.251 e. The highest BCUT2D eigenvalue weighted by atomic mass is 32.2. The van der Waals surface area contributed by atoms with Gasteiger partial charge in [-0.3, -0.25) is 4.79 Å². The van der Waals surface area contributed by atoms with Crippen LogP contribution < -0.4 is 14.3 Å². The average molecular weight is 336 g/mol. The SMILES string of the molecule is CSCCn1c(=NC(=O)C2CC2)sc2cc3c(cc21)OCO3. The molecule has 0 radical (unpaired) electrons. The number of carbonyl (C=O) groups is 1. The maximum absolute atomic E-state index is 12.1. The monoisotopic (exact) mass is 336 g/mol. The first-order valence-electron chi connectivity index (χ1n) is 7.27. The van der Waals surface area contributed by atoms with Gasteiger partial charge in [0, 0.05) is 30.3 Å². The zero-order valence-corrected chi connectivity index (χ0v) is 13.8. The lowest BCUT2D eigenvalue weighted by Gasteiger charge is -2.04. The van der Waals surface area contributed by atoms with Gasteiger partial charge in [-0.25, -0.2) is 0 Å². The van der Waals surface area contributed by atoms with E-state index in [1.165, 1.54) is 0 Å². The van der Waals surface area contributed by atoms with Gasteiger partial charge in [0.15, 0.2) is 16.3 Å². The Balaban J connectivity index is 1.85. The molecule has 1 aliphatic heterocycles. The Morgan fingerprint density at radius 1 is 1.41 bits per heavy atom. The molecule has 5 nitrogen and oxygen atoms in total. The number of benzene rings is 1. The van der Waals surface area contributed by atoms with E-state index in [4.69, 9.17) is 9.47 Å². The number of thiazole rings is 1. The number of carbonyl (C=O) groups excluding carboxylic acids is 1. The lowest BCUT2D eigenvalue weighted by Crippen LogP contribution is -2.18. The quantitative estimate of drug-likeness (QED) is 0.861. The van der Waals surface area contributed by atoms with Crippen molar-refractivity contribution in [2.75, 3.05) is 18.8 Å². The van der Waals surface area contributed by atoms with E-state index in [1.807, 2.05) is 12.1 Å². The summed E-state index contributed by atoms with van der Waals surface area (Å²) < 4.78 is 14.1. The highest BCUT2D eigenvalue weighted by Crippen LogP contribution is 2.37. The molecule has 22 heavy (non-hydrogen) atoms. The van der Waals surface area contributed by atoms with Crippen molar-refractivity contribution >= 4 is 39.2 Å². The Kier molecular flexibility index (Phi) is 3.62. The van der Waals surface area contributed by atoms with Crippen LogP contribution in [0.2, 0.25) is 0 Å². The molecule has 2 heterocycles. The lowest BCUT2D eigenvalue weighted by molar-refractivity contribution is -0.119. The summed E-state index contributed by atoms with van der Waals surface area (Å²) in [5.74, 6) is 2.68. The summed E-state index contributed by atoms with van der Waals surface area (Å²) in [4.78, 5) is 17.2. The van der Waals surface area contributed by atoms with Gasteiger partial charge in [-0.2, -0.15) is 16.8 Å². The molecule has 1 amide bonds. The number of ether oxygens (including phenoxy) is 2. The van der Waals surface area contributed by atoms with Crippen LogP contribution in [0.15, 0.2) is 17.1 Å². The van der Waals surface area contributed by atoms with Crippen LogP contribution in [0.25, 0.3) is 10.2 Å². The summed E-state index contributed by atoms with van der Waals surface area (Å²) in [7, 11) is 0. The van der Waals surface area contributed by atoms with Crippen molar-refractivity contribution in [2.45, 2.75) is 19.4 Å². The van der Waals surface area contributed by atoms with Crippen LogP contribution in [0.1, 0.15) is 12.8 Å². The normalized spacial score (nSPS) is 17.4. The highest BCUT2D eigenvalue weighted by Gasteiger charge is 2.29. The number of hydrogen-bond donors (Lipinski definition) is 0. The Morgan fingerprint density at radius 3 is 2.91 bits per heavy atom. The number of rotatable bonds is 4. The zero-order valence-electron chi connectivity index (χ0n) is 12.2. The number of amides is 1. The second-order valence-electron chi connectivity index (χ2n) is 5.43. The van der Waals surface area contributed by atoms with E-state index in [0.717, 1.165) is 51.7 Å². The summed E-state index contributed by atoms with van der Waals surface area (Å²) in [5.41, 5.74) is 1.06. The first-order valence-corrected chi connectivity index (χ1v) is 9.48. The van der Waals surface area contributed by atoms with Crippen molar-refractivity contribution in [3.8, 4) is 11.5 Å². The summed E-state index contributed by atoms with van der Waals surface area (Å²) in [6.45, 7) is 1.10. The van der Waals surface area contributed by atoms with E-state index >= 15 is 0 Å². The molecule has 1 aromatic carbocycles. The number of aryl methyl sites for hydroxylation is 1. The van der Waals surface area contributed by atoms with Gasteiger partial charge in [-0.05, 0) is 19.1 Å². The van der Waals surface area contributed by atoms with Gasteiger partial charge in [0.1, 0.15) is 0 Å². The van der Waals surface area contributed by atoms with Gasteiger partial charge in [0.2, 0.25) is 6.79 Å². The molecule has 0 N–H and O–H groups in total. The minimum Gasteiger partial charge on any atom is -0.454 e. The van der Waals surface area contributed by atoms with Crippen LogP contribution in [0.3, 0.4) is 0 Å². The standard InChI is InChI=1S/C15H16N2O3S2/c1-21-5-4-17-10-6-11-12(20-8-19-11)7-13(10)22-15(17)16-14(18)9-2-3-9/h6-7,9H,2-5,8H2,1H3. The maximum atomic E-state index is 12.1. The van der Waals surface area contributed by atoms with Crippen LogP contribution in [0.5, 0.6) is 11.5 Å². The van der Waals surface area contributed by atoms with Crippen LogP contribution in [0.4, 0.5) is 0 Å². The predicted octanol–water partition coefficient (Wildman–Crippen LogP) is 2.63. The van der Waals surface area contributed by atoms with E-state index in [2.05, 4.69) is 15.8 Å². The minimum absolute atomic E-state index is 0.0181. The van der Waals surface area contributed by atoms with Crippen molar-refractivity contribution in [2.24, 2.45) is 10.9 Å². The van der Waals surface area contributed by atoms with Crippen molar-refractivity contribution in [3.63, 3.8) is 0 Å². The summed E-state index contributed by atoms with van der Waals surface area (Å²) in [6, 6.07) is 3.98. The molecule has 2 aliphatic rings. The number of fused-ring (bicyclic) bond motifs is 2. The molecule has 0 atom stereocenters. The van der Waals surface area contributed by atoms with E-state index in [1.54, 1.807) is 23.1 Å². The molecule has 7 heteroatoms. The average Bonchev–Trinajstić information content (AvgIpc) is 3.19. The Bertz CT molecular complexity index is 805. The number of nitrogens with zero attached hydrogens (tertiary/aromatic N) is 2. The number of thioether (sulfide) groups is 1. The molecule has 0 unspecified atom stereocenters. The van der Waals surface area contributed by atoms with Crippen LogP contribution >= 0.6 is 23.1 Å². The van der Waals surface area contributed by atoms with Crippen molar-refractivity contribution < 1.29 is 14.3 Å². The molecular formula is C15H16N2O3S2. The lowest BCUT2D eigenvalue weighted by atomic mass is 10.3. The van der Waals surface area contributed by atoms with Gasteiger partial charge in [-0.1, -0.05) is 11.3 Å². The first kappa shape index (κ1) is 14.1. The molecule has 2 aromatic rings. The smallest absolute Gasteiger partial charge is 0.251 e. The fourth-order valence-electron chi connectivity index (χ4n) is 2.46. The third kappa shape index (κ3) is 2.52. The fraction of sp³-hybridized carbons (Fsp3) is 0.467. The number of hydrogen-bond acceptors (Lipinski definition) is 5. The molecule has 116 valence electrons. The van der Waals surface area contributed by atoms with Gasteiger partial charge in [0.05, 0.1) is 10.2 Å². The topological polar surface area (TPSA) is 52.8 Å². The Labute approximate surface area is 135 Å². The van der Waals surface area contributed by atoms with Crippen LogP contribution in [0, 0.1) is 5.92 Å². The van der Waals surface area contributed by atoms with Gasteiger partial charge >= 0.3 is 0 Å². The van der Waals surface area contributed by atoms with Gasteiger partial charge < -0.3 is 14.0 Å². The van der Waals surface area contributed by atoms with Crippen molar-refractivity contribution in [1.29, 1.82) is 0 Å². The molecular weight excluding hydrogens is 320 g/mol. The molecule has 0 bridgehead atoms. The van der Waals surface area contributed by atoms with E-state index in [-0.39, 0.29) is 18.6 Å². The molecule has 1 aliphatic carbocycles. The summed E-state index contributed by atoms with van der Waals surface area (Å²) in [5, 5.41) is 0. The zero-order chi connectivity index (χ0) is 15.1. The molecule has 1 aromatic heterocycles. The van der Waals surface area contributed by atoms with E-state index in [0.29, 0.717) is 0 Å². The summed E-state index contributed by atoms with van der Waals surface area (Å²) >= 11 is 3.33. The second kappa shape index (κ2) is 5.62. The first-order chi connectivity index (χ1) is 10.8. The fourth-order valence-corrected chi connectivity index (χ4v) is 3.90. The molecule has 0 saturated heterocycles. The van der Waals surface area contributed by atoms with E-state index < -0.39 is 0 Å². The van der Waals surface area contributed by atoms with Crippen LogP contribution in [-0.4, -0.2) is 29.3 Å². The second-order valence-corrected chi connectivity index (χ2v) is 7.42. The number of aromatic nitrogens is 1. The van der Waals surface area contributed by atoms with Crippen molar-refractivity contribution in [1.82, 2.24) is 4.57 Å². The third-order valence-electron chi connectivity index (χ3n) is 3.83. The van der Waals surface area contributed by atoms with Gasteiger partial charge in [-0.15, -0.1) is 0 Å². The molecule has 0 spiro atoms. The summed E-state index contributed by atoms with van der Waals surface area (Å²) in [6.07, 6.45) is 4.04. The predicted molar refractivity (Wildman–Crippen MR) is 87.6 cm³/mol. The molecule has 4 rings (SSSR count). The van der Waals surface area contributed by atoms with E-state index in [9.17, 15) is 4.79 Å². The van der Waals surface area contributed by atoms with Crippen molar-refractivity contribution in [3.05, 3.63) is 16.9 Å².